The molecule has 0 aliphatic carbocycles. The molecule has 0 amide bonds. The normalized spacial score (nSPS) is 17.4. The topological polar surface area (TPSA) is 3.24 Å². The third-order valence-electron chi connectivity index (χ3n) is 3.95. The summed E-state index contributed by atoms with van der Waals surface area (Å²) in [6.45, 7) is 13.9. The molecule has 0 aromatic heterocycles. The van der Waals surface area contributed by atoms with Crippen LogP contribution in [0.1, 0.15) is 40.2 Å². The van der Waals surface area contributed by atoms with Gasteiger partial charge in [0.25, 0.3) is 0 Å². The zero-order valence-corrected chi connectivity index (χ0v) is 11.8. The van der Waals surface area contributed by atoms with E-state index in [1.807, 2.05) is 0 Å². The maximum atomic E-state index is 2.48. The molecule has 0 saturated carbocycles. The Hall–Kier alpha value is -0.980. The predicted molar refractivity (Wildman–Crippen MR) is 75.7 cm³/mol. The molecule has 1 heteroatoms. The smallest absolute Gasteiger partial charge is 0.0366 e. The molecule has 1 aliphatic heterocycles. The lowest BCUT2D eigenvalue weighted by Gasteiger charge is -2.43. The Kier molecular flexibility index (Phi) is 3.20. The van der Waals surface area contributed by atoms with Crippen molar-refractivity contribution in [1.29, 1.82) is 0 Å². The van der Waals surface area contributed by atoms with Crippen LogP contribution in [0.2, 0.25) is 0 Å². The van der Waals surface area contributed by atoms with E-state index in [1.54, 1.807) is 0 Å². The summed E-state index contributed by atoms with van der Waals surface area (Å²) in [5.41, 5.74) is 3.06. The fourth-order valence-corrected chi connectivity index (χ4v) is 2.32. The lowest BCUT2D eigenvalue weighted by molar-refractivity contribution is 0.310. The minimum Gasteiger partial charge on any atom is -0.371 e. The van der Waals surface area contributed by atoms with E-state index in [0.29, 0.717) is 0 Å². The van der Waals surface area contributed by atoms with Gasteiger partial charge >= 0.3 is 0 Å². The molecule has 1 heterocycles. The van der Waals surface area contributed by atoms with Crippen molar-refractivity contribution >= 4 is 5.69 Å². The van der Waals surface area contributed by atoms with Crippen molar-refractivity contribution in [3.05, 3.63) is 29.8 Å². The van der Waals surface area contributed by atoms with Crippen molar-refractivity contribution in [2.75, 3.05) is 18.0 Å². The predicted octanol–water partition coefficient (Wildman–Crippen LogP) is 4.08. The third kappa shape index (κ3) is 2.65. The van der Waals surface area contributed by atoms with E-state index in [9.17, 15) is 0 Å². The lowest BCUT2D eigenvalue weighted by Crippen LogP contribution is -2.49. The van der Waals surface area contributed by atoms with Crippen LogP contribution in [-0.4, -0.2) is 13.1 Å². The molecular weight excluding hydrogens is 206 g/mol. The second-order valence-corrected chi connectivity index (χ2v) is 6.71. The number of hydrogen-bond acceptors (Lipinski definition) is 1. The van der Waals surface area contributed by atoms with Crippen LogP contribution in [0, 0.1) is 11.8 Å². The van der Waals surface area contributed by atoms with E-state index >= 15 is 0 Å². The van der Waals surface area contributed by atoms with Crippen molar-refractivity contribution in [2.45, 2.75) is 40.0 Å². The summed E-state index contributed by atoms with van der Waals surface area (Å²) in [5, 5.41) is 0. The molecule has 1 aliphatic rings. The standard InChI is InChI=1S/C16H25N/c1-12(2)13-10-17(11-13)15-8-6-14(7-9-15)16(3,4)5/h6-9,12-13H,10-11H2,1-5H3. The fourth-order valence-electron chi connectivity index (χ4n) is 2.32. The second kappa shape index (κ2) is 4.36. The zero-order chi connectivity index (χ0) is 12.6. The van der Waals surface area contributed by atoms with E-state index in [2.05, 4.69) is 63.8 Å². The summed E-state index contributed by atoms with van der Waals surface area (Å²) in [7, 11) is 0. The molecule has 1 aromatic rings. The average molecular weight is 231 g/mol. The van der Waals surface area contributed by atoms with E-state index in [0.717, 1.165) is 11.8 Å². The molecule has 2 rings (SSSR count). The van der Waals surface area contributed by atoms with Gasteiger partial charge in [-0.2, -0.15) is 0 Å². The first kappa shape index (κ1) is 12.5. The Morgan fingerprint density at radius 3 is 2.00 bits per heavy atom. The van der Waals surface area contributed by atoms with Gasteiger partial charge in [-0.25, -0.2) is 0 Å². The molecule has 17 heavy (non-hydrogen) atoms. The number of nitrogens with zero attached hydrogens (tertiary/aromatic N) is 1. The van der Waals surface area contributed by atoms with Gasteiger partial charge in [-0.05, 0) is 34.9 Å². The summed E-state index contributed by atoms with van der Waals surface area (Å²) >= 11 is 0. The van der Waals surface area contributed by atoms with Gasteiger partial charge in [0.15, 0.2) is 0 Å². The molecule has 0 unspecified atom stereocenters. The monoisotopic (exact) mass is 231 g/mol. The van der Waals surface area contributed by atoms with Crippen LogP contribution in [0.25, 0.3) is 0 Å². The summed E-state index contributed by atoms with van der Waals surface area (Å²) in [6.07, 6.45) is 0. The van der Waals surface area contributed by atoms with Crippen molar-refractivity contribution < 1.29 is 0 Å². The molecule has 0 bridgehead atoms. The van der Waals surface area contributed by atoms with Gasteiger partial charge in [0, 0.05) is 18.8 Å². The minimum atomic E-state index is 0.258. The first-order valence-corrected chi connectivity index (χ1v) is 6.73. The van der Waals surface area contributed by atoms with Gasteiger partial charge in [0.05, 0.1) is 0 Å². The minimum absolute atomic E-state index is 0.258. The molecule has 94 valence electrons. The number of anilines is 1. The number of rotatable bonds is 2. The Labute approximate surface area is 106 Å². The van der Waals surface area contributed by atoms with Gasteiger partial charge in [0.2, 0.25) is 0 Å². The van der Waals surface area contributed by atoms with Crippen LogP contribution < -0.4 is 4.90 Å². The molecule has 0 N–H and O–H groups in total. The quantitative estimate of drug-likeness (QED) is 0.741. The third-order valence-corrected chi connectivity index (χ3v) is 3.95. The van der Waals surface area contributed by atoms with E-state index < -0.39 is 0 Å². The first-order valence-electron chi connectivity index (χ1n) is 6.73. The highest BCUT2D eigenvalue weighted by Gasteiger charge is 2.29. The summed E-state index contributed by atoms with van der Waals surface area (Å²) in [4.78, 5) is 2.48. The maximum absolute atomic E-state index is 2.48. The molecule has 1 nitrogen and oxygen atoms in total. The largest absolute Gasteiger partial charge is 0.371 e. The van der Waals surface area contributed by atoms with E-state index in [1.165, 1.54) is 24.3 Å². The summed E-state index contributed by atoms with van der Waals surface area (Å²) in [5.74, 6) is 1.71. The van der Waals surface area contributed by atoms with Gasteiger partial charge < -0.3 is 4.90 Å². The fraction of sp³-hybridized carbons (Fsp3) is 0.625. The molecule has 0 atom stereocenters. The highest BCUT2D eigenvalue weighted by molar-refractivity contribution is 5.50. The van der Waals surface area contributed by atoms with Crippen LogP contribution in [-0.2, 0) is 5.41 Å². The number of benzene rings is 1. The molecule has 1 fully saturated rings. The Morgan fingerprint density at radius 2 is 1.59 bits per heavy atom. The highest BCUT2D eigenvalue weighted by atomic mass is 15.2. The van der Waals surface area contributed by atoms with Crippen LogP contribution in [0.5, 0.6) is 0 Å². The average Bonchev–Trinajstić information content (AvgIpc) is 2.14. The van der Waals surface area contributed by atoms with Crippen molar-refractivity contribution in [3.8, 4) is 0 Å². The van der Waals surface area contributed by atoms with Crippen molar-refractivity contribution in [2.24, 2.45) is 11.8 Å². The Bertz CT molecular complexity index is 364. The molecule has 0 spiro atoms. The van der Waals surface area contributed by atoms with Gasteiger partial charge in [-0.3, -0.25) is 0 Å². The summed E-state index contributed by atoms with van der Waals surface area (Å²) in [6, 6.07) is 9.10. The number of hydrogen-bond donors (Lipinski definition) is 0. The second-order valence-electron chi connectivity index (χ2n) is 6.71. The van der Waals surface area contributed by atoms with Gasteiger partial charge in [-0.15, -0.1) is 0 Å². The Morgan fingerprint density at radius 1 is 1.06 bits per heavy atom. The first-order chi connectivity index (χ1) is 7.88. The molecule has 1 saturated heterocycles. The summed E-state index contributed by atoms with van der Waals surface area (Å²) < 4.78 is 0. The molecular formula is C16H25N. The van der Waals surface area contributed by atoms with Gasteiger partial charge in [-0.1, -0.05) is 46.8 Å². The lowest BCUT2D eigenvalue weighted by atomic mass is 9.86. The zero-order valence-electron chi connectivity index (χ0n) is 11.8. The van der Waals surface area contributed by atoms with Crippen LogP contribution in [0.4, 0.5) is 5.69 Å². The molecule has 1 aromatic carbocycles. The van der Waals surface area contributed by atoms with Crippen molar-refractivity contribution in [3.63, 3.8) is 0 Å². The molecule has 0 radical (unpaired) electrons. The van der Waals surface area contributed by atoms with E-state index in [-0.39, 0.29) is 5.41 Å². The SMILES string of the molecule is CC(C)C1CN(c2ccc(C(C)(C)C)cc2)C1. The van der Waals surface area contributed by atoms with Crippen LogP contribution in [0.3, 0.4) is 0 Å². The maximum Gasteiger partial charge on any atom is 0.0366 e. The Balaban J connectivity index is 2.01. The van der Waals surface area contributed by atoms with E-state index in [4.69, 9.17) is 0 Å². The van der Waals surface area contributed by atoms with Gasteiger partial charge in [0.1, 0.15) is 0 Å². The highest BCUT2D eigenvalue weighted by Crippen LogP contribution is 2.31. The van der Waals surface area contributed by atoms with Crippen LogP contribution >= 0.6 is 0 Å². The van der Waals surface area contributed by atoms with Crippen molar-refractivity contribution in [1.82, 2.24) is 0 Å². The van der Waals surface area contributed by atoms with Crippen LogP contribution in [0.15, 0.2) is 24.3 Å².